The summed E-state index contributed by atoms with van der Waals surface area (Å²) in [6.07, 6.45) is 2.47. The third-order valence-electron chi connectivity index (χ3n) is 3.67. The first kappa shape index (κ1) is 12.7. The lowest BCUT2D eigenvalue weighted by Crippen LogP contribution is -2.35. The second-order valence-electron chi connectivity index (χ2n) is 4.82. The number of benzene rings is 1. The molecular weight excluding hydrogens is 224 g/mol. The summed E-state index contributed by atoms with van der Waals surface area (Å²) in [6, 6.07) is 9.43. The maximum absolute atomic E-state index is 12.6. The zero-order valence-corrected chi connectivity index (χ0v) is 10.8. The number of pyridine rings is 1. The highest BCUT2D eigenvalue weighted by Gasteiger charge is 2.31. The van der Waals surface area contributed by atoms with E-state index >= 15 is 0 Å². The van der Waals surface area contributed by atoms with Gasteiger partial charge in [-0.2, -0.15) is 0 Å². The van der Waals surface area contributed by atoms with Gasteiger partial charge < -0.3 is 5.73 Å². The highest BCUT2D eigenvalue weighted by molar-refractivity contribution is 6.09. The maximum Gasteiger partial charge on any atom is 0.170 e. The Kier molecular flexibility index (Phi) is 3.43. The molecule has 3 nitrogen and oxygen atoms in total. The quantitative estimate of drug-likeness (QED) is 0.839. The van der Waals surface area contributed by atoms with Crippen molar-refractivity contribution in [2.75, 3.05) is 6.54 Å². The number of nitrogens with two attached hydrogens (primary N) is 1. The van der Waals surface area contributed by atoms with Crippen LogP contribution < -0.4 is 5.73 Å². The van der Waals surface area contributed by atoms with Gasteiger partial charge in [0.25, 0.3) is 0 Å². The number of Topliss-reactive ketones (excluding diaryl/α,β-unsaturated/α-hetero) is 1. The van der Waals surface area contributed by atoms with E-state index in [1.807, 2.05) is 44.2 Å². The van der Waals surface area contributed by atoms with Gasteiger partial charge in [-0.15, -0.1) is 0 Å². The monoisotopic (exact) mass is 242 g/mol. The molecule has 94 valence electrons. The Balaban J connectivity index is 2.58. The predicted molar refractivity (Wildman–Crippen MR) is 73.5 cm³/mol. The number of carbonyl (C=O) groups excluding carboxylic acids is 1. The molecule has 2 rings (SSSR count). The van der Waals surface area contributed by atoms with Crippen molar-refractivity contribution in [1.29, 1.82) is 0 Å². The molecule has 0 amide bonds. The van der Waals surface area contributed by atoms with Crippen molar-refractivity contribution < 1.29 is 4.79 Å². The summed E-state index contributed by atoms with van der Waals surface area (Å²) < 4.78 is 0. The van der Waals surface area contributed by atoms with Gasteiger partial charge in [0.15, 0.2) is 5.78 Å². The van der Waals surface area contributed by atoms with Gasteiger partial charge in [0.1, 0.15) is 0 Å². The van der Waals surface area contributed by atoms with Crippen molar-refractivity contribution in [1.82, 2.24) is 4.98 Å². The van der Waals surface area contributed by atoms with Crippen LogP contribution in [0.2, 0.25) is 0 Å². The van der Waals surface area contributed by atoms with Gasteiger partial charge in [-0.1, -0.05) is 32.0 Å². The van der Waals surface area contributed by atoms with Crippen molar-refractivity contribution in [2.45, 2.75) is 20.3 Å². The Morgan fingerprint density at radius 3 is 2.78 bits per heavy atom. The van der Waals surface area contributed by atoms with Crippen molar-refractivity contribution >= 4 is 16.7 Å². The second kappa shape index (κ2) is 4.86. The molecule has 1 aromatic heterocycles. The summed E-state index contributed by atoms with van der Waals surface area (Å²) in [7, 11) is 0. The van der Waals surface area contributed by atoms with E-state index in [4.69, 9.17) is 5.73 Å². The Morgan fingerprint density at radius 1 is 1.33 bits per heavy atom. The average molecular weight is 242 g/mol. The van der Waals surface area contributed by atoms with E-state index in [9.17, 15) is 4.79 Å². The molecule has 1 unspecified atom stereocenters. The Bertz CT molecular complexity index is 568. The predicted octanol–water partition coefficient (Wildman–Crippen LogP) is 2.79. The average Bonchev–Trinajstić information content (AvgIpc) is 2.45. The van der Waals surface area contributed by atoms with Crippen LogP contribution in [-0.2, 0) is 0 Å². The number of rotatable bonds is 4. The van der Waals surface area contributed by atoms with Crippen LogP contribution in [0.5, 0.6) is 0 Å². The van der Waals surface area contributed by atoms with Gasteiger partial charge in [-0.25, -0.2) is 0 Å². The zero-order valence-electron chi connectivity index (χ0n) is 10.8. The van der Waals surface area contributed by atoms with Crippen LogP contribution >= 0.6 is 0 Å². The van der Waals surface area contributed by atoms with Crippen LogP contribution in [0, 0.1) is 5.41 Å². The first-order valence-corrected chi connectivity index (χ1v) is 6.21. The van der Waals surface area contributed by atoms with Crippen LogP contribution in [0.25, 0.3) is 10.9 Å². The molecule has 2 aromatic rings. The van der Waals surface area contributed by atoms with Gasteiger partial charge in [0.05, 0.1) is 5.52 Å². The summed E-state index contributed by atoms with van der Waals surface area (Å²) in [4.78, 5) is 16.9. The number of hydrogen-bond donors (Lipinski definition) is 1. The summed E-state index contributed by atoms with van der Waals surface area (Å²) in [5.41, 5.74) is 6.83. The van der Waals surface area contributed by atoms with Crippen LogP contribution in [0.1, 0.15) is 30.6 Å². The fourth-order valence-electron chi connectivity index (χ4n) is 2.02. The molecule has 0 bridgehead atoms. The van der Waals surface area contributed by atoms with Gasteiger partial charge in [0.2, 0.25) is 0 Å². The number of ketones is 1. The molecule has 1 atom stereocenters. The molecule has 2 N–H and O–H groups in total. The highest BCUT2D eigenvalue weighted by atomic mass is 16.1. The molecule has 0 spiro atoms. The minimum atomic E-state index is -0.496. The van der Waals surface area contributed by atoms with E-state index in [2.05, 4.69) is 4.98 Å². The van der Waals surface area contributed by atoms with Gasteiger partial charge in [-0.05, 0) is 18.6 Å². The molecule has 18 heavy (non-hydrogen) atoms. The molecule has 0 aliphatic heterocycles. The molecule has 0 aliphatic rings. The third-order valence-corrected chi connectivity index (χ3v) is 3.67. The van der Waals surface area contributed by atoms with E-state index in [0.29, 0.717) is 6.54 Å². The summed E-state index contributed by atoms with van der Waals surface area (Å²) >= 11 is 0. The standard InChI is InChI=1S/C15H18N2O/c1-3-15(2,10-16)14(18)12-6-4-8-13-11(12)7-5-9-17-13/h4-9H,3,10,16H2,1-2H3. The minimum absolute atomic E-state index is 0.103. The van der Waals surface area contributed by atoms with E-state index in [0.717, 1.165) is 22.9 Å². The molecule has 0 saturated carbocycles. The molecule has 3 heteroatoms. The largest absolute Gasteiger partial charge is 0.329 e. The lowest BCUT2D eigenvalue weighted by molar-refractivity contribution is 0.0822. The molecule has 0 aliphatic carbocycles. The second-order valence-corrected chi connectivity index (χ2v) is 4.82. The first-order chi connectivity index (χ1) is 8.62. The molecule has 1 heterocycles. The Labute approximate surface area is 107 Å². The lowest BCUT2D eigenvalue weighted by Gasteiger charge is -2.25. The van der Waals surface area contributed by atoms with Gasteiger partial charge in [-0.3, -0.25) is 9.78 Å². The number of aromatic nitrogens is 1. The fraction of sp³-hybridized carbons (Fsp3) is 0.333. The Morgan fingerprint density at radius 2 is 2.11 bits per heavy atom. The van der Waals surface area contributed by atoms with Gasteiger partial charge in [0, 0.05) is 29.1 Å². The molecule has 1 aromatic carbocycles. The smallest absolute Gasteiger partial charge is 0.170 e. The summed E-state index contributed by atoms with van der Waals surface area (Å²) in [6.45, 7) is 4.28. The van der Waals surface area contributed by atoms with Crippen LogP contribution in [0.15, 0.2) is 36.5 Å². The number of carbonyl (C=O) groups is 1. The number of hydrogen-bond acceptors (Lipinski definition) is 3. The zero-order chi connectivity index (χ0) is 13.2. The highest BCUT2D eigenvalue weighted by Crippen LogP contribution is 2.28. The molecule has 0 radical (unpaired) electrons. The van der Waals surface area contributed by atoms with Crippen molar-refractivity contribution in [3.05, 3.63) is 42.1 Å². The van der Waals surface area contributed by atoms with Crippen molar-refractivity contribution in [2.24, 2.45) is 11.1 Å². The molecule has 0 fully saturated rings. The molecule has 0 saturated heterocycles. The topological polar surface area (TPSA) is 56.0 Å². The van der Waals surface area contributed by atoms with Crippen LogP contribution in [0.4, 0.5) is 0 Å². The van der Waals surface area contributed by atoms with Crippen molar-refractivity contribution in [3.8, 4) is 0 Å². The summed E-state index contributed by atoms with van der Waals surface area (Å²) in [5.74, 6) is 0.103. The third kappa shape index (κ3) is 2.02. The van der Waals surface area contributed by atoms with E-state index in [1.165, 1.54) is 0 Å². The van der Waals surface area contributed by atoms with Crippen molar-refractivity contribution in [3.63, 3.8) is 0 Å². The SMILES string of the molecule is CCC(C)(CN)C(=O)c1cccc2ncccc12. The van der Waals surface area contributed by atoms with E-state index in [1.54, 1.807) is 6.20 Å². The van der Waals surface area contributed by atoms with E-state index in [-0.39, 0.29) is 5.78 Å². The van der Waals surface area contributed by atoms with Gasteiger partial charge >= 0.3 is 0 Å². The molecular formula is C15H18N2O. The number of fused-ring (bicyclic) bond motifs is 1. The van der Waals surface area contributed by atoms with E-state index < -0.39 is 5.41 Å². The minimum Gasteiger partial charge on any atom is -0.329 e. The first-order valence-electron chi connectivity index (χ1n) is 6.21. The lowest BCUT2D eigenvalue weighted by atomic mass is 9.79. The maximum atomic E-state index is 12.6. The summed E-state index contributed by atoms with van der Waals surface area (Å²) in [5, 5.41) is 0.901. The fourth-order valence-corrected chi connectivity index (χ4v) is 2.02. The van der Waals surface area contributed by atoms with Crippen LogP contribution in [-0.4, -0.2) is 17.3 Å². The normalized spacial score (nSPS) is 14.4. The van der Waals surface area contributed by atoms with Crippen LogP contribution in [0.3, 0.4) is 0 Å². The number of nitrogens with zero attached hydrogens (tertiary/aromatic N) is 1. The Hall–Kier alpha value is -1.74.